The molecule has 1 heterocycles. The molecule has 0 bridgehead atoms. The molecule has 1 rings (SSSR count). The highest BCUT2D eigenvalue weighted by Gasteiger charge is 2.04. The topological polar surface area (TPSA) is 65.0 Å². The normalized spacial score (nSPS) is 8.90. The van der Waals surface area contributed by atoms with Gasteiger partial charge in [0.2, 0.25) is 0 Å². The van der Waals surface area contributed by atoms with Gasteiger partial charge in [-0.1, -0.05) is 0 Å². The lowest BCUT2D eigenvalue weighted by Gasteiger charge is -1.93. The average molecular weight is 139 g/mol. The van der Waals surface area contributed by atoms with Gasteiger partial charge in [-0.3, -0.25) is 0 Å². The first-order chi connectivity index (χ1) is 4.84. The maximum Gasteiger partial charge on any atom is 0.358 e. The molecule has 0 saturated carbocycles. The number of nitrogens with zero attached hydrogens (tertiary/aromatic N) is 3. The van der Waals surface area contributed by atoms with Crippen molar-refractivity contribution in [2.24, 2.45) is 0 Å². The number of aromatic nitrogens is 3. The van der Waals surface area contributed by atoms with Crippen LogP contribution in [0.25, 0.3) is 0 Å². The lowest BCUT2D eigenvalue weighted by atomic mass is 10.5. The molecule has 1 aromatic rings. The third-order valence-electron chi connectivity index (χ3n) is 0.890. The second-order valence-corrected chi connectivity index (χ2v) is 1.48. The predicted molar refractivity (Wildman–Crippen MR) is 31.2 cm³/mol. The predicted octanol–water partition coefficient (Wildman–Crippen LogP) is -0.342. The highest BCUT2D eigenvalue weighted by atomic mass is 16.5. The van der Waals surface area contributed by atoms with E-state index in [0.29, 0.717) is 0 Å². The Hall–Kier alpha value is -1.52. The molecule has 52 valence electrons. The minimum Gasteiger partial charge on any atom is -0.464 e. The summed E-state index contributed by atoms with van der Waals surface area (Å²) in [6, 6.07) is 0. The molecule has 0 saturated heterocycles. The molecule has 10 heavy (non-hydrogen) atoms. The van der Waals surface area contributed by atoms with E-state index in [2.05, 4.69) is 19.9 Å². The van der Waals surface area contributed by atoms with Crippen LogP contribution in [0.15, 0.2) is 12.5 Å². The molecule has 0 atom stereocenters. The van der Waals surface area contributed by atoms with Crippen LogP contribution in [-0.2, 0) is 4.74 Å². The Labute approximate surface area is 57.1 Å². The Morgan fingerprint density at radius 1 is 1.60 bits per heavy atom. The summed E-state index contributed by atoms with van der Waals surface area (Å²) in [5.41, 5.74) is 0.164. The fraction of sp³-hybridized carbons (Fsp3) is 0.200. The highest BCUT2D eigenvalue weighted by molar-refractivity contribution is 5.86. The van der Waals surface area contributed by atoms with Crippen molar-refractivity contribution in [2.45, 2.75) is 0 Å². The molecule has 0 aromatic carbocycles. The van der Waals surface area contributed by atoms with Gasteiger partial charge >= 0.3 is 5.97 Å². The van der Waals surface area contributed by atoms with Crippen LogP contribution in [0.4, 0.5) is 0 Å². The second-order valence-electron chi connectivity index (χ2n) is 1.48. The molecule has 0 radical (unpaired) electrons. The maximum atomic E-state index is 10.7. The zero-order valence-electron chi connectivity index (χ0n) is 5.31. The van der Waals surface area contributed by atoms with Crippen LogP contribution in [0.5, 0.6) is 0 Å². The zero-order chi connectivity index (χ0) is 7.40. The van der Waals surface area contributed by atoms with Crippen LogP contribution in [0, 0.1) is 0 Å². The van der Waals surface area contributed by atoms with Crippen molar-refractivity contribution in [3.05, 3.63) is 18.2 Å². The minimum atomic E-state index is -0.505. The van der Waals surface area contributed by atoms with Gasteiger partial charge in [-0.25, -0.2) is 9.78 Å². The molecular weight excluding hydrogens is 134 g/mol. The van der Waals surface area contributed by atoms with E-state index in [1.165, 1.54) is 19.6 Å². The van der Waals surface area contributed by atoms with E-state index in [0.717, 1.165) is 0 Å². The van der Waals surface area contributed by atoms with Crippen molar-refractivity contribution in [3.8, 4) is 0 Å². The lowest BCUT2D eigenvalue weighted by molar-refractivity contribution is 0.0593. The molecule has 0 aliphatic rings. The molecule has 0 unspecified atom stereocenters. The zero-order valence-corrected chi connectivity index (χ0v) is 5.31. The Bertz CT molecular complexity index is 224. The van der Waals surface area contributed by atoms with Gasteiger partial charge < -0.3 is 4.74 Å². The van der Waals surface area contributed by atoms with Crippen molar-refractivity contribution in [2.75, 3.05) is 7.11 Å². The van der Waals surface area contributed by atoms with Gasteiger partial charge in [0.15, 0.2) is 5.69 Å². The molecule has 0 amide bonds. The lowest BCUT2D eigenvalue weighted by Crippen LogP contribution is -2.04. The summed E-state index contributed by atoms with van der Waals surface area (Å²) >= 11 is 0. The first-order valence-corrected chi connectivity index (χ1v) is 2.55. The van der Waals surface area contributed by atoms with E-state index >= 15 is 0 Å². The number of carbonyl (C=O) groups is 1. The number of rotatable bonds is 1. The van der Waals surface area contributed by atoms with Gasteiger partial charge in [0.1, 0.15) is 6.33 Å². The SMILES string of the molecule is COC(=O)c1cnncn1. The largest absolute Gasteiger partial charge is 0.464 e. The number of carbonyl (C=O) groups excluding carboxylic acids is 1. The summed E-state index contributed by atoms with van der Waals surface area (Å²) in [5.74, 6) is -0.505. The summed E-state index contributed by atoms with van der Waals surface area (Å²) in [6.45, 7) is 0. The van der Waals surface area contributed by atoms with Gasteiger partial charge in [0.05, 0.1) is 13.3 Å². The molecule has 0 fully saturated rings. The van der Waals surface area contributed by atoms with Crippen molar-refractivity contribution in [1.29, 1.82) is 0 Å². The molecule has 0 N–H and O–H groups in total. The quantitative estimate of drug-likeness (QED) is 0.498. The fourth-order valence-corrected chi connectivity index (χ4v) is 0.449. The van der Waals surface area contributed by atoms with E-state index in [1.807, 2.05) is 0 Å². The Kier molecular flexibility index (Phi) is 1.89. The van der Waals surface area contributed by atoms with E-state index in [1.54, 1.807) is 0 Å². The number of esters is 1. The Balaban J connectivity index is 2.85. The summed E-state index contributed by atoms with van der Waals surface area (Å²) < 4.78 is 4.37. The number of ether oxygens (including phenoxy) is 1. The van der Waals surface area contributed by atoms with E-state index in [9.17, 15) is 4.79 Å². The van der Waals surface area contributed by atoms with E-state index in [-0.39, 0.29) is 5.69 Å². The number of hydrogen-bond acceptors (Lipinski definition) is 5. The first kappa shape index (κ1) is 6.60. The molecular formula is C5H5N3O2. The third-order valence-corrected chi connectivity index (χ3v) is 0.890. The van der Waals surface area contributed by atoms with Crippen LogP contribution in [0.1, 0.15) is 10.5 Å². The van der Waals surface area contributed by atoms with Crippen molar-refractivity contribution >= 4 is 5.97 Å². The minimum absolute atomic E-state index is 0.164. The maximum absolute atomic E-state index is 10.7. The summed E-state index contributed by atoms with van der Waals surface area (Å²) in [5, 5.41) is 6.83. The highest BCUT2D eigenvalue weighted by Crippen LogP contribution is 1.89. The second kappa shape index (κ2) is 2.86. The van der Waals surface area contributed by atoms with Crippen LogP contribution in [-0.4, -0.2) is 28.3 Å². The van der Waals surface area contributed by atoms with Crippen molar-refractivity contribution in [1.82, 2.24) is 15.2 Å². The molecule has 0 aliphatic heterocycles. The number of hydrogen-bond donors (Lipinski definition) is 0. The molecule has 1 aromatic heterocycles. The van der Waals surface area contributed by atoms with Crippen LogP contribution >= 0.6 is 0 Å². The van der Waals surface area contributed by atoms with Gasteiger partial charge in [-0.15, -0.1) is 5.10 Å². The Morgan fingerprint density at radius 2 is 2.40 bits per heavy atom. The van der Waals surface area contributed by atoms with Crippen LogP contribution < -0.4 is 0 Å². The van der Waals surface area contributed by atoms with Crippen molar-refractivity contribution < 1.29 is 9.53 Å². The monoisotopic (exact) mass is 139 g/mol. The van der Waals surface area contributed by atoms with Gasteiger partial charge in [0, 0.05) is 0 Å². The van der Waals surface area contributed by atoms with Gasteiger partial charge in [0.25, 0.3) is 0 Å². The fourth-order valence-electron chi connectivity index (χ4n) is 0.449. The third kappa shape index (κ3) is 1.25. The van der Waals surface area contributed by atoms with E-state index < -0.39 is 5.97 Å². The number of methoxy groups -OCH3 is 1. The van der Waals surface area contributed by atoms with Crippen LogP contribution in [0.3, 0.4) is 0 Å². The summed E-state index contributed by atoms with van der Waals surface area (Å²) in [7, 11) is 1.28. The smallest absolute Gasteiger partial charge is 0.358 e. The molecule has 5 nitrogen and oxygen atoms in total. The molecule has 0 spiro atoms. The van der Waals surface area contributed by atoms with Gasteiger partial charge in [-0.05, 0) is 0 Å². The van der Waals surface area contributed by atoms with Crippen LogP contribution in [0.2, 0.25) is 0 Å². The van der Waals surface area contributed by atoms with Gasteiger partial charge in [-0.2, -0.15) is 5.10 Å². The first-order valence-electron chi connectivity index (χ1n) is 2.55. The molecule has 0 aliphatic carbocycles. The molecule has 5 heteroatoms. The van der Waals surface area contributed by atoms with E-state index in [4.69, 9.17) is 0 Å². The summed E-state index contributed by atoms with van der Waals surface area (Å²) in [4.78, 5) is 14.3. The Morgan fingerprint density at radius 3 is 2.90 bits per heavy atom. The standard InChI is InChI=1S/C5H5N3O2/c1-10-5(9)4-2-7-8-3-6-4/h2-3H,1H3. The average Bonchev–Trinajstić information content (AvgIpc) is 2.05. The van der Waals surface area contributed by atoms with Crippen molar-refractivity contribution in [3.63, 3.8) is 0 Å². The summed E-state index contributed by atoms with van der Waals surface area (Å²) in [6.07, 6.45) is 2.43.